The molecule has 1 amide bonds. The van der Waals surface area contributed by atoms with Crippen LogP contribution in [0.25, 0.3) is 0 Å². The molecule has 1 saturated carbocycles. The number of benzene rings is 1. The van der Waals surface area contributed by atoms with E-state index in [9.17, 15) is 4.79 Å². The topological polar surface area (TPSA) is 29.1 Å². The van der Waals surface area contributed by atoms with E-state index < -0.39 is 0 Å². The van der Waals surface area contributed by atoms with Gasteiger partial charge in [-0.3, -0.25) is 4.79 Å². The van der Waals surface area contributed by atoms with Crippen molar-refractivity contribution in [2.75, 3.05) is 6.54 Å². The largest absolute Gasteiger partial charge is 0.352 e. The van der Waals surface area contributed by atoms with E-state index in [1.165, 1.54) is 6.42 Å². The number of halogens is 1. The fraction of sp³-hybridized carbons (Fsp3) is 0.500. The van der Waals surface area contributed by atoms with E-state index in [1.54, 1.807) is 0 Å². The zero-order chi connectivity index (χ0) is 12.0. The Hall–Kier alpha value is -1.02. The average molecular weight is 250 g/mol. The van der Waals surface area contributed by atoms with Crippen molar-refractivity contribution in [1.29, 1.82) is 0 Å². The van der Waals surface area contributed by atoms with Crippen molar-refractivity contribution in [3.05, 3.63) is 34.9 Å². The van der Waals surface area contributed by atoms with Gasteiger partial charge in [-0.05, 0) is 41.9 Å². The zero-order valence-electron chi connectivity index (χ0n) is 9.87. The van der Waals surface area contributed by atoms with Crippen LogP contribution >= 0.6 is 11.6 Å². The molecule has 0 radical (unpaired) electrons. The van der Waals surface area contributed by atoms with Crippen LogP contribution in [0.1, 0.15) is 40.2 Å². The van der Waals surface area contributed by atoms with E-state index in [1.807, 2.05) is 6.07 Å². The van der Waals surface area contributed by atoms with Crippen molar-refractivity contribution in [3.8, 4) is 0 Å². The number of fused-ring (bicyclic) bond motifs is 1. The van der Waals surface area contributed by atoms with E-state index in [-0.39, 0.29) is 11.3 Å². The predicted octanol–water partition coefficient (Wildman–Crippen LogP) is 2.91. The Morgan fingerprint density at radius 3 is 2.94 bits per heavy atom. The molecule has 1 aliphatic heterocycles. The van der Waals surface area contributed by atoms with E-state index in [0.29, 0.717) is 5.92 Å². The Labute approximate surface area is 106 Å². The highest BCUT2D eigenvalue weighted by atomic mass is 35.5. The first-order valence-electron chi connectivity index (χ1n) is 6.22. The molecule has 3 rings (SSSR count). The second-order valence-corrected chi connectivity index (χ2v) is 5.67. The van der Waals surface area contributed by atoms with Gasteiger partial charge < -0.3 is 5.32 Å². The Kier molecular flexibility index (Phi) is 2.62. The molecular weight excluding hydrogens is 234 g/mol. The summed E-state index contributed by atoms with van der Waals surface area (Å²) >= 11 is 6.46. The van der Waals surface area contributed by atoms with Crippen molar-refractivity contribution in [2.45, 2.75) is 25.1 Å². The summed E-state index contributed by atoms with van der Waals surface area (Å²) in [6.45, 7) is 2.97. The molecule has 3 unspecified atom stereocenters. The average Bonchev–Trinajstić information content (AvgIpc) is 3.06. The number of rotatable bonds is 2. The van der Waals surface area contributed by atoms with Crippen molar-refractivity contribution in [1.82, 2.24) is 5.32 Å². The van der Waals surface area contributed by atoms with Gasteiger partial charge in [-0.25, -0.2) is 0 Å². The number of carbonyl (C=O) groups excluding carboxylic acids is 1. The van der Waals surface area contributed by atoms with Gasteiger partial charge in [0.15, 0.2) is 0 Å². The Morgan fingerprint density at radius 1 is 1.47 bits per heavy atom. The smallest absolute Gasteiger partial charge is 0.251 e. The maximum atomic E-state index is 11.8. The summed E-state index contributed by atoms with van der Waals surface area (Å²) in [4.78, 5) is 11.8. The molecule has 0 bridgehead atoms. The quantitative estimate of drug-likeness (QED) is 0.803. The molecule has 1 aliphatic carbocycles. The Bertz CT molecular complexity index is 471. The SMILES string of the molecule is CC1CC1C(Cl)c1ccc2c(c1)C(=O)NCC2. The molecule has 3 atom stereocenters. The summed E-state index contributed by atoms with van der Waals surface area (Å²) in [5, 5.41) is 2.94. The van der Waals surface area contributed by atoms with Crippen molar-refractivity contribution >= 4 is 17.5 Å². The maximum Gasteiger partial charge on any atom is 0.251 e. The summed E-state index contributed by atoms with van der Waals surface area (Å²) in [5.74, 6) is 1.35. The third-order valence-electron chi connectivity index (χ3n) is 3.92. The van der Waals surface area contributed by atoms with Crippen molar-refractivity contribution in [3.63, 3.8) is 0 Å². The fourth-order valence-corrected chi connectivity index (χ4v) is 3.09. The minimum atomic E-state index is 0.0424. The van der Waals surface area contributed by atoms with Crippen LogP contribution in [0.4, 0.5) is 0 Å². The predicted molar refractivity (Wildman–Crippen MR) is 68.3 cm³/mol. The minimum Gasteiger partial charge on any atom is -0.352 e. The molecule has 2 aliphatic rings. The zero-order valence-corrected chi connectivity index (χ0v) is 10.6. The van der Waals surface area contributed by atoms with Crippen LogP contribution in [0.15, 0.2) is 18.2 Å². The summed E-state index contributed by atoms with van der Waals surface area (Å²) < 4.78 is 0. The first kappa shape index (κ1) is 11.1. The molecule has 0 aromatic heterocycles. The lowest BCUT2D eigenvalue weighted by Crippen LogP contribution is -2.31. The third-order valence-corrected chi connectivity index (χ3v) is 4.50. The van der Waals surface area contributed by atoms with Gasteiger partial charge in [0.1, 0.15) is 0 Å². The van der Waals surface area contributed by atoms with E-state index in [2.05, 4.69) is 24.4 Å². The van der Waals surface area contributed by atoms with Crippen LogP contribution in [-0.4, -0.2) is 12.5 Å². The van der Waals surface area contributed by atoms with Gasteiger partial charge >= 0.3 is 0 Å². The number of carbonyl (C=O) groups is 1. The highest BCUT2D eigenvalue weighted by Gasteiger charge is 2.39. The number of hydrogen-bond acceptors (Lipinski definition) is 1. The van der Waals surface area contributed by atoms with Gasteiger partial charge in [-0.1, -0.05) is 19.1 Å². The number of hydrogen-bond donors (Lipinski definition) is 1. The first-order valence-corrected chi connectivity index (χ1v) is 6.65. The van der Waals surface area contributed by atoms with Gasteiger partial charge in [0.2, 0.25) is 0 Å². The van der Waals surface area contributed by atoms with Crippen LogP contribution in [0.2, 0.25) is 0 Å². The van der Waals surface area contributed by atoms with Gasteiger partial charge in [0.25, 0.3) is 5.91 Å². The summed E-state index contributed by atoms with van der Waals surface area (Å²) in [6.07, 6.45) is 2.13. The molecule has 1 aromatic rings. The van der Waals surface area contributed by atoms with Crippen molar-refractivity contribution in [2.24, 2.45) is 11.8 Å². The van der Waals surface area contributed by atoms with Gasteiger partial charge in [0, 0.05) is 12.1 Å². The lowest BCUT2D eigenvalue weighted by Gasteiger charge is -2.18. The maximum absolute atomic E-state index is 11.8. The molecule has 3 heteroatoms. The van der Waals surface area contributed by atoms with Gasteiger partial charge in [0.05, 0.1) is 5.38 Å². The molecule has 0 spiro atoms. The first-order chi connectivity index (χ1) is 8.16. The van der Waals surface area contributed by atoms with E-state index >= 15 is 0 Å². The second-order valence-electron chi connectivity index (χ2n) is 5.20. The van der Waals surface area contributed by atoms with Crippen LogP contribution in [0.3, 0.4) is 0 Å². The van der Waals surface area contributed by atoms with Crippen LogP contribution in [0, 0.1) is 11.8 Å². The highest BCUT2D eigenvalue weighted by molar-refractivity contribution is 6.21. The lowest BCUT2D eigenvalue weighted by atomic mass is 9.95. The molecule has 90 valence electrons. The highest BCUT2D eigenvalue weighted by Crippen LogP contribution is 2.50. The molecule has 17 heavy (non-hydrogen) atoms. The summed E-state index contributed by atoms with van der Waals surface area (Å²) in [6, 6.07) is 6.12. The molecule has 0 saturated heterocycles. The lowest BCUT2D eigenvalue weighted by molar-refractivity contribution is 0.0946. The number of alkyl halides is 1. The Balaban J connectivity index is 1.91. The van der Waals surface area contributed by atoms with Crippen molar-refractivity contribution < 1.29 is 4.79 Å². The molecule has 1 aromatic carbocycles. The molecule has 1 fully saturated rings. The molecular formula is C14H16ClNO. The normalized spacial score (nSPS) is 28.2. The van der Waals surface area contributed by atoms with E-state index in [0.717, 1.165) is 35.6 Å². The van der Waals surface area contributed by atoms with Crippen LogP contribution < -0.4 is 5.32 Å². The standard InChI is InChI=1S/C14H16ClNO/c1-8-6-11(8)13(15)10-3-2-9-4-5-16-14(17)12(9)7-10/h2-3,7-8,11,13H,4-6H2,1H3,(H,16,17). The monoisotopic (exact) mass is 249 g/mol. The van der Waals surface area contributed by atoms with Gasteiger partial charge in [-0.15, -0.1) is 11.6 Å². The molecule has 2 nitrogen and oxygen atoms in total. The Morgan fingerprint density at radius 2 is 2.24 bits per heavy atom. The number of amides is 1. The molecule has 1 N–H and O–H groups in total. The summed E-state index contributed by atoms with van der Waals surface area (Å²) in [7, 11) is 0. The molecule has 1 heterocycles. The van der Waals surface area contributed by atoms with Gasteiger partial charge in [-0.2, -0.15) is 0 Å². The number of nitrogens with one attached hydrogen (secondary N) is 1. The third kappa shape index (κ3) is 1.95. The van der Waals surface area contributed by atoms with E-state index in [4.69, 9.17) is 11.6 Å². The second kappa shape index (κ2) is 4.02. The van der Waals surface area contributed by atoms with Crippen LogP contribution in [0.5, 0.6) is 0 Å². The fourth-order valence-electron chi connectivity index (χ4n) is 2.61. The summed E-state index contributed by atoms with van der Waals surface area (Å²) in [5.41, 5.74) is 3.05. The minimum absolute atomic E-state index is 0.0424. The van der Waals surface area contributed by atoms with Crippen LogP contribution in [-0.2, 0) is 6.42 Å².